The van der Waals surface area contributed by atoms with Gasteiger partial charge in [0, 0.05) is 5.56 Å². The number of sulfonamides is 1. The lowest BCUT2D eigenvalue weighted by atomic mass is 10.1. The number of hydrogen-bond acceptors (Lipinski definition) is 4. The molecule has 8 heteroatoms. The van der Waals surface area contributed by atoms with Gasteiger partial charge in [-0.15, -0.1) is 0 Å². The van der Waals surface area contributed by atoms with Crippen molar-refractivity contribution in [2.75, 3.05) is 0 Å². The molecule has 0 radical (unpaired) electrons. The summed E-state index contributed by atoms with van der Waals surface area (Å²) in [7, 11) is -4.01. The Labute approximate surface area is 150 Å². The number of nitrogens with one attached hydrogen (secondary N) is 1. The molecule has 0 aliphatic heterocycles. The molecule has 2 aromatic carbocycles. The molecule has 136 valence electrons. The number of rotatable bonds is 7. The van der Waals surface area contributed by atoms with Crippen molar-refractivity contribution in [2.45, 2.75) is 17.9 Å². The third-order valence-electron chi connectivity index (χ3n) is 3.43. The third-order valence-corrected chi connectivity index (χ3v) is 4.98. The van der Waals surface area contributed by atoms with Gasteiger partial charge in [0.2, 0.25) is 10.0 Å². The molecule has 1 atom stereocenters. The first kappa shape index (κ1) is 19.5. The van der Waals surface area contributed by atoms with Crippen LogP contribution in [0.4, 0.5) is 4.39 Å². The second kappa shape index (κ2) is 8.03. The molecule has 0 amide bonds. The van der Waals surface area contributed by atoms with E-state index < -0.39 is 27.9 Å². The van der Waals surface area contributed by atoms with Gasteiger partial charge >= 0.3 is 5.97 Å². The largest absolute Gasteiger partial charge is 0.480 e. The van der Waals surface area contributed by atoms with Crippen LogP contribution in [0.1, 0.15) is 22.8 Å². The van der Waals surface area contributed by atoms with Crippen molar-refractivity contribution in [2.24, 2.45) is 0 Å². The van der Waals surface area contributed by atoms with Gasteiger partial charge in [-0.3, -0.25) is 9.59 Å². The molecule has 0 aliphatic carbocycles. The van der Waals surface area contributed by atoms with Gasteiger partial charge in [0.15, 0.2) is 5.78 Å². The number of ketones is 1. The van der Waals surface area contributed by atoms with Crippen LogP contribution in [0.25, 0.3) is 6.08 Å². The van der Waals surface area contributed by atoms with E-state index in [1.54, 1.807) is 6.07 Å². The topological polar surface area (TPSA) is 101 Å². The molecule has 2 N–H and O–H groups in total. The quantitative estimate of drug-likeness (QED) is 0.570. The molecule has 0 fully saturated rings. The number of carboxylic acids is 1. The molecule has 0 spiro atoms. The highest BCUT2D eigenvalue weighted by molar-refractivity contribution is 7.89. The van der Waals surface area contributed by atoms with E-state index in [9.17, 15) is 22.4 Å². The zero-order valence-electron chi connectivity index (χ0n) is 13.7. The summed E-state index contributed by atoms with van der Waals surface area (Å²) >= 11 is 0. The number of benzene rings is 2. The minimum Gasteiger partial charge on any atom is -0.480 e. The van der Waals surface area contributed by atoms with E-state index in [-0.39, 0.29) is 16.2 Å². The zero-order valence-corrected chi connectivity index (χ0v) is 14.5. The Balaban J connectivity index is 2.13. The Hall–Kier alpha value is -2.84. The van der Waals surface area contributed by atoms with Crippen LogP contribution in [-0.4, -0.2) is 31.3 Å². The summed E-state index contributed by atoms with van der Waals surface area (Å²) < 4.78 is 39.2. The predicted octanol–water partition coefficient (Wildman–Crippen LogP) is 2.47. The van der Waals surface area contributed by atoms with Crippen molar-refractivity contribution in [3.05, 3.63) is 71.6 Å². The van der Waals surface area contributed by atoms with Gasteiger partial charge in [0.05, 0.1) is 4.90 Å². The van der Waals surface area contributed by atoms with Crippen LogP contribution in [0.3, 0.4) is 0 Å². The van der Waals surface area contributed by atoms with Crippen molar-refractivity contribution in [1.29, 1.82) is 0 Å². The summed E-state index contributed by atoms with van der Waals surface area (Å²) in [6, 6.07) is 9.49. The maximum Gasteiger partial charge on any atom is 0.321 e. The molecule has 2 rings (SSSR count). The molecule has 0 aromatic heterocycles. The van der Waals surface area contributed by atoms with Crippen molar-refractivity contribution in [3.8, 4) is 0 Å². The van der Waals surface area contributed by atoms with Crippen LogP contribution in [0.5, 0.6) is 0 Å². The smallest absolute Gasteiger partial charge is 0.321 e. The number of allylic oxidation sites excluding steroid dienone is 1. The van der Waals surface area contributed by atoms with Crippen LogP contribution < -0.4 is 4.72 Å². The molecule has 26 heavy (non-hydrogen) atoms. The van der Waals surface area contributed by atoms with Crippen LogP contribution in [0, 0.1) is 5.82 Å². The Morgan fingerprint density at radius 1 is 1.15 bits per heavy atom. The fourth-order valence-electron chi connectivity index (χ4n) is 2.03. The molecule has 6 nitrogen and oxygen atoms in total. The van der Waals surface area contributed by atoms with Crippen molar-refractivity contribution >= 4 is 27.9 Å². The van der Waals surface area contributed by atoms with Crippen LogP contribution in [0.15, 0.2) is 59.5 Å². The number of carbonyl (C=O) groups is 2. The highest BCUT2D eigenvalue weighted by atomic mass is 32.2. The van der Waals surface area contributed by atoms with Gasteiger partial charge < -0.3 is 5.11 Å². The van der Waals surface area contributed by atoms with Gasteiger partial charge in [0.1, 0.15) is 11.9 Å². The van der Waals surface area contributed by atoms with E-state index in [2.05, 4.69) is 0 Å². The Morgan fingerprint density at radius 2 is 1.81 bits per heavy atom. The van der Waals surface area contributed by atoms with E-state index in [1.165, 1.54) is 61.5 Å². The maximum absolute atomic E-state index is 13.1. The number of carbonyl (C=O) groups excluding carboxylic acids is 1. The Kier molecular flexibility index (Phi) is 6.01. The van der Waals surface area contributed by atoms with Gasteiger partial charge in [0.25, 0.3) is 0 Å². The molecule has 0 heterocycles. The Bertz CT molecular complexity index is 952. The first-order valence-corrected chi connectivity index (χ1v) is 9.00. The second-order valence-corrected chi connectivity index (χ2v) is 7.17. The minimum absolute atomic E-state index is 0.156. The molecule has 0 saturated heterocycles. The molecule has 0 bridgehead atoms. The highest BCUT2D eigenvalue weighted by Gasteiger charge is 2.21. The monoisotopic (exact) mass is 377 g/mol. The number of halogens is 1. The van der Waals surface area contributed by atoms with E-state index >= 15 is 0 Å². The fourth-order valence-corrected chi connectivity index (χ4v) is 3.22. The normalized spacial score (nSPS) is 12.8. The SMILES string of the molecule is C[C@H](NS(=O)(=O)c1ccc(C(=O)/C=C/c2cccc(F)c2)cc1)C(=O)O. The van der Waals surface area contributed by atoms with Crippen LogP contribution >= 0.6 is 0 Å². The molecule has 2 aromatic rings. The van der Waals surface area contributed by atoms with Gasteiger partial charge in [-0.25, -0.2) is 12.8 Å². The van der Waals surface area contributed by atoms with E-state index in [4.69, 9.17) is 5.11 Å². The fraction of sp³-hybridized carbons (Fsp3) is 0.111. The van der Waals surface area contributed by atoms with Crippen molar-refractivity contribution in [3.63, 3.8) is 0 Å². The lowest BCUT2D eigenvalue weighted by Crippen LogP contribution is -2.38. The lowest BCUT2D eigenvalue weighted by Gasteiger charge is -2.10. The first-order valence-electron chi connectivity index (χ1n) is 7.52. The standard InChI is InChI=1S/C18H16FNO5S/c1-12(18(22)23)20-26(24,25)16-8-6-14(7-9-16)17(21)10-5-13-3-2-4-15(19)11-13/h2-12,20H,1H3,(H,22,23)/b10-5+/t12-/m0/s1. The lowest BCUT2D eigenvalue weighted by molar-refractivity contribution is -0.138. The molecule has 0 saturated carbocycles. The molecular weight excluding hydrogens is 361 g/mol. The van der Waals surface area contributed by atoms with Crippen molar-refractivity contribution < 1.29 is 27.5 Å². The van der Waals surface area contributed by atoms with Gasteiger partial charge in [-0.05, 0) is 55.0 Å². The minimum atomic E-state index is -4.01. The van der Waals surface area contributed by atoms with E-state index in [0.29, 0.717) is 5.56 Å². The summed E-state index contributed by atoms with van der Waals surface area (Å²) in [5, 5.41) is 8.78. The van der Waals surface area contributed by atoms with E-state index in [1.807, 2.05) is 4.72 Å². The molecule has 0 aliphatic rings. The average Bonchev–Trinajstić information content (AvgIpc) is 2.59. The second-order valence-electron chi connectivity index (χ2n) is 5.46. The summed E-state index contributed by atoms with van der Waals surface area (Å²) in [6.45, 7) is 1.20. The highest BCUT2D eigenvalue weighted by Crippen LogP contribution is 2.13. The summed E-state index contributed by atoms with van der Waals surface area (Å²) in [4.78, 5) is 22.7. The van der Waals surface area contributed by atoms with Crippen LogP contribution in [0.2, 0.25) is 0 Å². The zero-order chi connectivity index (χ0) is 19.3. The first-order chi connectivity index (χ1) is 12.2. The Morgan fingerprint density at radius 3 is 2.38 bits per heavy atom. The average molecular weight is 377 g/mol. The van der Waals surface area contributed by atoms with E-state index in [0.717, 1.165) is 0 Å². The van der Waals surface area contributed by atoms with Gasteiger partial charge in [-0.1, -0.05) is 18.2 Å². The number of hydrogen-bond donors (Lipinski definition) is 2. The third kappa shape index (κ3) is 5.08. The summed E-state index contributed by atoms with van der Waals surface area (Å²) in [6.07, 6.45) is 2.70. The molecule has 0 unspecified atom stereocenters. The van der Waals surface area contributed by atoms with Crippen molar-refractivity contribution in [1.82, 2.24) is 4.72 Å². The van der Waals surface area contributed by atoms with Gasteiger partial charge in [-0.2, -0.15) is 4.72 Å². The summed E-state index contributed by atoms with van der Waals surface area (Å²) in [5.41, 5.74) is 0.757. The summed E-state index contributed by atoms with van der Waals surface area (Å²) in [5.74, 6) is -2.11. The van der Waals surface area contributed by atoms with Crippen LogP contribution in [-0.2, 0) is 14.8 Å². The predicted molar refractivity (Wildman–Crippen MR) is 93.6 cm³/mol. The maximum atomic E-state index is 13.1. The number of carboxylic acid groups (broad SMARTS) is 1. The molecular formula is C18H16FNO5S. The number of aliphatic carboxylic acids is 1.